The summed E-state index contributed by atoms with van der Waals surface area (Å²) in [6, 6.07) is 3.19. The Labute approximate surface area is 143 Å². The fourth-order valence-corrected chi connectivity index (χ4v) is 3.03. The first-order valence-electron chi connectivity index (χ1n) is 5.30. The smallest absolute Gasteiger partial charge is 0.335 e. The maximum absolute atomic E-state index is 14.0. The van der Waals surface area contributed by atoms with Crippen molar-refractivity contribution in [2.45, 2.75) is 0 Å². The molecule has 2 nitrogen and oxygen atoms in total. The fourth-order valence-electron chi connectivity index (χ4n) is 1.69. The molecule has 0 saturated carbocycles. The summed E-state index contributed by atoms with van der Waals surface area (Å²) in [6.07, 6.45) is 0. The second kappa shape index (κ2) is 6.19. The molecule has 21 heavy (non-hydrogen) atoms. The highest BCUT2D eigenvalue weighted by Gasteiger charge is 2.23. The summed E-state index contributed by atoms with van der Waals surface area (Å²) >= 11 is 29.8. The molecule has 0 saturated heterocycles. The summed E-state index contributed by atoms with van der Waals surface area (Å²) < 4.78 is 14.0. The molecule has 2 rings (SSSR count). The van der Waals surface area contributed by atoms with Crippen molar-refractivity contribution in [2.24, 2.45) is 0 Å². The minimum absolute atomic E-state index is 0.0154. The van der Waals surface area contributed by atoms with E-state index in [1.165, 1.54) is 0 Å². The van der Waals surface area contributed by atoms with E-state index < -0.39 is 11.8 Å². The number of hydrogen-bond acceptors (Lipinski definition) is 1. The van der Waals surface area contributed by atoms with Gasteiger partial charge >= 0.3 is 5.97 Å². The summed E-state index contributed by atoms with van der Waals surface area (Å²) in [6.45, 7) is 0. The Balaban J connectivity index is 2.85. The molecular weight excluding hydrogens is 384 g/mol. The van der Waals surface area contributed by atoms with Crippen LogP contribution in [0.15, 0.2) is 18.2 Å². The van der Waals surface area contributed by atoms with Gasteiger partial charge in [0, 0.05) is 11.1 Å². The number of hydrogen-bond donors (Lipinski definition) is 1. The molecule has 0 unspecified atom stereocenters. The largest absolute Gasteiger partial charge is 0.478 e. The molecule has 0 atom stereocenters. The van der Waals surface area contributed by atoms with Crippen LogP contribution in [0.5, 0.6) is 0 Å². The number of rotatable bonds is 2. The summed E-state index contributed by atoms with van der Waals surface area (Å²) in [5.41, 5.74) is -0.288. The molecule has 2 aromatic carbocycles. The van der Waals surface area contributed by atoms with E-state index in [1.807, 2.05) is 0 Å². The number of carbonyl (C=O) groups is 1. The van der Waals surface area contributed by atoms with Gasteiger partial charge in [0.15, 0.2) is 0 Å². The lowest BCUT2D eigenvalue weighted by Gasteiger charge is -2.13. The van der Waals surface area contributed by atoms with E-state index in [0.717, 1.165) is 18.2 Å². The van der Waals surface area contributed by atoms with Crippen LogP contribution < -0.4 is 0 Å². The predicted octanol–water partition coefficient (Wildman–Crippen LogP) is 6.46. The monoisotopic (exact) mass is 386 g/mol. The first-order valence-corrected chi connectivity index (χ1v) is 7.19. The average Bonchev–Trinajstić information content (AvgIpc) is 2.45. The highest BCUT2D eigenvalue weighted by atomic mass is 35.5. The number of benzene rings is 2. The van der Waals surface area contributed by atoms with Gasteiger partial charge in [-0.15, -0.1) is 0 Å². The van der Waals surface area contributed by atoms with Crippen LogP contribution >= 0.6 is 58.0 Å². The van der Waals surface area contributed by atoms with Gasteiger partial charge in [-0.1, -0.05) is 58.0 Å². The Morgan fingerprint density at radius 3 is 1.86 bits per heavy atom. The van der Waals surface area contributed by atoms with Crippen LogP contribution in [0, 0.1) is 5.82 Å². The quantitative estimate of drug-likeness (QED) is 0.474. The van der Waals surface area contributed by atoms with Crippen LogP contribution in [0.4, 0.5) is 4.39 Å². The van der Waals surface area contributed by atoms with Crippen molar-refractivity contribution in [3.05, 3.63) is 54.7 Å². The molecule has 2 aromatic rings. The lowest BCUT2D eigenvalue weighted by atomic mass is 10.0. The highest BCUT2D eigenvalue weighted by Crippen LogP contribution is 2.48. The van der Waals surface area contributed by atoms with Crippen LogP contribution in [0.1, 0.15) is 10.4 Å². The highest BCUT2D eigenvalue weighted by molar-refractivity contribution is 6.56. The van der Waals surface area contributed by atoms with Gasteiger partial charge in [0.2, 0.25) is 0 Å². The first kappa shape index (κ1) is 16.7. The lowest BCUT2D eigenvalue weighted by Crippen LogP contribution is -1.98. The van der Waals surface area contributed by atoms with Gasteiger partial charge in [-0.3, -0.25) is 0 Å². The number of carboxylic acids is 1. The third kappa shape index (κ3) is 2.94. The van der Waals surface area contributed by atoms with Gasteiger partial charge in [-0.2, -0.15) is 0 Å². The molecule has 0 aliphatic rings. The van der Waals surface area contributed by atoms with Crippen molar-refractivity contribution in [2.75, 3.05) is 0 Å². The van der Waals surface area contributed by atoms with Crippen molar-refractivity contribution >= 4 is 64.0 Å². The molecule has 0 fully saturated rings. The average molecular weight is 388 g/mol. The molecule has 0 heterocycles. The molecule has 110 valence electrons. The van der Waals surface area contributed by atoms with E-state index in [-0.39, 0.29) is 41.8 Å². The molecule has 0 spiro atoms. The molecule has 0 aromatic heterocycles. The molecule has 0 bridgehead atoms. The van der Waals surface area contributed by atoms with Crippen molar-refractivity contribution < 1.29 is 14.3 Å². The molecule has 0 aliphatic carbocycles. The van der Waals surface area contributed by atoms with Crippen molar-refractivity contribution in [1.82, 2.24) is 0 Å². The van der Waals surface area contributed by atoms with E-state index in [2.05, 4.69) is 0 Å². The number of carboxylic acid groups (broad SMARTS) is 1. The third-order valence-corrected chi connectivity index (χ3v) is 4.97. The Kier molecular flexibility index (Phi) is 4.91. The molecule has 0 radical (unpaired) electrons. The maximum atomic E-state index is 14.0. The van der Waals surface area contributed by atoms with Crippen LogP contribution in [0.3, 0.4) is 0 Å². The predicted molar refractivity (Wildman–Crippen MR) is 83.8 cm³/mol. The fraction of sp³-hybridized carbons (Fsp3) is 0. The second-order valence-corrected chi connectivity index (χ2v) is 5.83. The van der Waals surface area contributed by atoms with Crippen LogP contribution in [0.2, 0.25) is 25.1 Å². The van der Waals surface area contributed by atoms with Gasteiger partial charge in [0.05, 0.1) is 30.7 Å². The zero-order chi connectivity index (χ0) is 15.9. The Morgan fingerprint density at radius 1 is 0.905 bits per heavy atom. The van der Waals surface area contributed by atoms with Crippen LogP contribution in [0.25, 0.3) is 11.1 Å². The number of aromatic carboxylic acids is 1. The van der Waals surface area contributed by atoms with Crippen molar-refractivity contribution in [1.29, 1.82) is 0 Å². The summed E-state index contributed by atoms with van der Waals surface area (Å²) in [5.74, 6) is -1.95. The standard InChI is InChI=1S/C13H4Cl5FO2/c14-8-7(9(15)11(17)12(18)10(8)16)5-3-4(13(20)21)1-2-6(5)19/h1-3H,(H,20,21). The van der Waals surface area contributed by atoms with E-state index in [1.54, 1.807) is 0 Å². The Bertz CT molecular complexity index is 732. The minimum atomic E-state index is -1.23. The van der Waals surface area contributed by atoms with Gasteiger partial charge < -0.3 is 5.11 Å². The van der Waals surface area contributed by atoms with Crippen LogP contribution in [-0.2, 0) is 0 Å². The van der Waals surface area contributed by atoms with Gasteiger partial charge in [0.1, 0.15) is 5.82 Å². The lowest BCUT2D eigenvalue weighted by molar-refractivity contribution is 0.0697. The summed E-state index contributed by atoms with van der Waals surface area (Å²) in [5, 5.41) is 8.50. The third-order valence-electron chi connectivity index (χ3n) is 2.69. The second-order valence-electron chi connectivity index (χ2n) is 3.94. The Hall–Kier alpha value is -0.710. The van der Waals surface area contributed by atoms with E-state index in [9.17, 15) is 9.18 Å². The van der Waals surface area contributed by atoms with E-state index in [4.69, 9.17) is 63.1 Å². The summed E-state index contributed by atoms with van der Waals surface area (Å²) in [4.78, 5) is 11.0. The molecule has 1 N–H and O–H groups in total. The zero-order valence-corrected chi connectivity index (χ0v) is 13.6. The van der Waals surface area contributed by atoms with Crippen LogP contribution in [-0.4, -0.2) is 11.1 Å². The van der Waals surface area contributed by atoms with E-state index in [0.29, 0.717) is 0 Å². The SMILES string of the molecule is O=C(O)c1ccc(F)c(-c2c(Cl)c(Cl)c(Cl)c(Cl)c2Cl)c1. The molecule has 0 aliphatic heterocycles. The molecule has 0 amide bonds. The normalized spacial score (nSPS) is 10.8. The van der Waals surface area contributed by atoms with Gasteiger partial charge in [-0.25, -0.2) is 9.18 Å². The topological polar surface area (TPSA) is 37.3 Å². The van der Waals surface area contributed by atoms with E-state index >= 15 is 0 Å². The number of halogens is 6. The maximum Gasteiger partial charge on any atom is 0.335 e. The molecular formula is C13H4Cl5FO2. The summed E-state index contributed by atoms with van der Waals surface area (Å²) in [7, 11) is 0. The van der Waals surface area contributed by atoms with Crippen molar-refractivity contribution in [3.8, 4) is 11.1 Å². The van der Waals surface area contributed by atoms with Gasteiger partial charge in [0.25, 0.3) is 0 Å². The minimum Gasteiger partial charge on any atom is -0.478 e. The van der Waals surface area contributed by atoms with Gasteiger partial charge in [-0.05, 0) is 18.2 Å². The first-order chi connectivity index (χ1) is 9.75. The van der Waals surface area contributed by atoms with Crippen molar-refractivity contribution in [3.63, 3.8) is 0 Å². The Morgan fingerprint density at radius 2 is 1.38 bits per heavy atom. The zero-order valence-electron chi connectivity index (χ0n) is 9.86. The molecule has 8 heteroatoms.